The first-order valence-electron chi connectivity index (χ1n) is 17.2. The first kappa shape index (κ1) is 31.7. The van der Waals surface area contributed by atoms with E-state index < -0.39 is 0 Å². The predicted octanol–water partition coefficient (Wildman–Crippen LogP) is 5.84. The first-order valence-corrected chi connectivity index (χ1v) is 17.2. The Morgan fingerprint density at radius 3 is 2.36 bits per heavy atom. The highest BCUT2D eigenvalue weighted by Gasteiger charge is 2.66. The van der Waals surface area contributed by atoms with E-state index in [9.17, 15) is 5.11 Å². The molecule has 7 N–H and O–H groups in total. The standard InChI is InChI=1S/C34H66N4O/c1-24(2)10-8-11-25(3)27-12-13-28-31-29(15-16-32(27,28)4)33(5)17-14-26(22-34(33,36)23-30(31)39)38-21-9-20-37-19-7-6-18-35/h24-31,37-39H,6-23,35-36H2,1-5H3/t25?,26-,27-,28?,29?,30-,31?,32-,33-,34+/m1/s1. The van der Waals surface area contributed by atoms with Gasteiger partial charge in [-0.15, -0.1) is 0 Å². The van der Waals surface area contributed by atoms with Crippen molar-refractivity contribution in [3.63, 3.8) is 0 Å². The lowest BCUT2D eigenvalue weighted by Crippen LogP contribution is -2.71. The van der Waals surface area contributed by atoms with Crippen molar-refractivity contribution in [1.82, 2.24) is 10.6 Å². The summed E-state index contributed by atoms with van der Waals surface area (Å²) in [5, 5.41) is 19.2. The van der Waals surface area contributed by atoms with Crippen molar-refractivity contribution in [2.24, 2.45) is 57.8 Å². The smallest absolute Gasteiger partial charge is 0.0591 e. The van der Waals surface area contributed by atoms with Crippen molar-refractivity contribution >= 4 is 0 Å². The van der Waals surface area contributed by atoms with Gasteiger partial charge >= 0.3 is 0 Å². The number of unbranched alkanes of at least 4 members (excludes halogenated alkanes) is 1. The summed E-state index contributed by atoms with van der Waals surface area (Å²) in [5.41, 5.74) is 13.3. The normalized spacial score (nSPS) is 42.7. The number of hydrogen-bond donors (Lipinski definition) is 5. The van der Waals surface area contributed by atoms with Crippen LogP contribution in [-0.2, 0) is 0 Å². The zero-order valence-corrected chi connectivity index (χ0v) is 26.4. The van der Waals surface area contributed by atoms with E-state index in [1.165, 1.54) is 64.2 Å². The minimum atomic E-state index is -0.250. The van der Waals surface area contributed by atoms with Gasteiger partial charge in [-0.05, 0) is 143 Å². The number of nitrogens with two attached hydrogens (primary N) is 2. The fraction of sp³-hybridized carbons (Fsp3) is 1.00. The van der Waals surface area contributed by atoms with E-state index in [4.69, 9.17) is 11.5 Å². The van der Waals surface area contributed by atoms with Crippen LogP contribution in [0.3, 0.4) is 0 Å². The fourth-order valence-electron chi connectivity index (χ4n) is 10.6. The Hall–Kier alpha value is -0.200. The molecule has 0 heterocycles. The Labute approximate surface area is 241 Å². The molecule has 4 fully saturated rings. The van der Waals surface area contributed by atoms with Crippen molar-refractivity contribution in [3.05, 3.63) is 0 Å². The molecule has 0 bridgehead atoms. The maximum absolute atomic E-state index is 11.8. The Kier molecular flexibility index (Phi) is 10.9. The molecule has 4 saturated carbocycles. The highest BCUT2D eigenvalue weighted by Crippen LogP contribution is 2.68. The van der Waals surface area contributed by atoms with Gasteiger partial charge in [0.15, 0.2) is 0 Å². The molecule has 10 atom stereocenters. The van der Waals surface area contributed by atoms with Crippen LogP contribution in [0.15, 0.2) is 0 Å². The van der Waals surface area contributed by atoms with Crippen molar-refractivity contribution in [2.75, 3.05) is 26.2 Å². The highest BCUT2D eigenvalue weighted by atomic mass is 16.3. The van der Waals surface area contributed by atoms with E-state index in [0.717, 1.165) is 69.6 Å². The molecular weight excluding hydrogens is 480 g/mol. The van der Waals surface area contributed by atoms with Crippen LogP contribution in [0.1, 0.15) is 125 Å². The molecule has 228 valence electrons. The molecule has 4 unspecified atom stereocenters. The number of aliphatic hydroxyl groups excluding tert-OH is 1. The van der Waals surface area contributed by atoms with Crippen LogP contribution in [0.2, 0.25) is 0 Å². The fourth-order valence-corrected chi connectivity index (χ4v) is 10.6. The third-order valence-electron chi connectivity index (χ3n) is 12.9. The minimum Gasteiger partial charge on any atom is -0.393 e. The topological polar surface area (TPSA) is 96.3 Å². The summed E-state index contributed by atoms with van der Waals surface area (Å²) in [5.74, 6) is 4.16. The first-order chi connectivity index (χ1) is 18.6. The molecule has 0 radical (unpaired) electrons. The molecule has 0 aromatic heterocycles. The summed E-state index contributed by atoms with van der Waals surface area (Å²) in [6.07, 6.45) is 16.9. The summed E-state index contributed by atoms with van der Waals surface area (Å²) in [4.78, 5) is 0. The summed E-state index contributed by atoms with van der Waals surface area (Å²) in [6, 6.07) is 0.487. The molecule has 5 heteroatoms. The van der Waals surface area contributed by atoms with Crippen molar-refractivity contribution < 1.29 is 5.11 Å². The second-order valence-corrected chi connectivity index (χ2v) is 15.7. The van der Waals surface area contributed by atoms with Gasteiger partial charge in [-0.2, -0.15) is 0 Å². The van der Waals surface area contributed by atoms with Gasteiger partial charge in [0.1, 0.15) is 0 Å². The third kappa shape index (κ3) is 6.58. The maximum atomic E-state index is 11.8. The SMILES string of the molecule is CC(C)CCCC(C)[C@H]1CCC2C3C(CC[C@@]21C)[C@@]1(C)CC[C@@H](NCCCNCCCCN)C[C@]1(N)C[C@H]3O. The second kappa shape index (κ2) is 13.4. The van der Waals surface area contributed by atoms with Gasteiger partial charge in [0.05, 0.1) is 6.10 Å². The van der Waals surface area contributed by atoms with Crippen molar-refractivity contribution in [1.29, 1.82) is 0 Å². The largest absolute Gasteiger partial charge is 0.393 e. The van der Waals surface area contributed by atoms with E-state index in [0.29, 0.717) is 29.2 Å². The lowest BCUT2D eigenvalue weighted by atomic mass is 9.41. The highest BCUT2D eigenvalue weighted by molar-refractivity contribution is 5.18. The van der Waals surface area contributed by atoms with Crippen LogP contribution < -0.4 is 22.1 Å². The van der Waals surface area contributed by atoms with Crippen LogP contribution in [0.25, 0.3) is 0 Å². The van der Waals surface area contributed by atoms with Crippen LogP contribution in [0, 0.1) is 46.3 Å². The molecule has 39 heavy (non-hydrogen) atoms. The van der Waals surface area contributed by atoms with Gasteiger partial charge in [0.2, 0.25) is 0 Å². The maximum Gasteiger partial charge on any atom is 0.0591 e. The molecule has 4 aliphatic carbocycles. The predicted molar refractivity (Wildman–Crippen MR) is 165 cm³/mol. The third-order valence-corrected chi connectivity index (χ3v) is 12.9. The van der Waals surface area contributed by atoms with Gasteiger partial charge in [0, 0.05) is 11.6 Å². The van der Waals surface area contributed by atoms with Crippen LogP contribution in [0.5, 0.6) is 0 Å². The van der Waals surface area contributed by atoms with Gasteiger partial charge < -0.3 is 27.2 Å². The van der Waals surface area contributed by atoms with Crippen LogP contribution in [-0.4, -0.2) is 49.0 Å². The molecule has 0 aliphatic heterocycles. The average molecular weight is 547 g/mol. The second-order valence-electron chi connectivity index (χ2n) is 15.7. The van der Waals surface area contributed by atoms with E-state index in [1.807, 2.05) is 0 Å². The summed E-state index contributed by atoms with van der Waals surface area (Å²) in [7, 11) is 0. The Morgan fingerprint density at radius 2 is 1.62 bits per heavy atom. The molecule has 0 amide bonds. The van der Waals surface area contributed by atoms with Gasteiger partial charge in [-0.25, -0.2) is 0 Å². The van der Waals surface area contributed by atoms with Crippen LogP contribution >= 0.6 is 0 Å². The molecule has 4 rings (SSSR count). The molecular formula is C34H66N4O. The van der Waals surface area contributed by atoms with Crippen LogP contribution in [0.4, 0.5) is 0 Å². The lowest BCUT2D eigenvalue weighted by molar-refractivity contribution is -0.175. The minimum absolute atomic E-state index is 0.155. The van der Waals surface area contributed by atoms with Gasteiger partial charge in [0.25, 0.3) is 0 Å². The van der Waals surface area contributed by atoms with E-state index >= 15 is 0 Å². The Morgan fingerprint density at radius 1 is 0.846 bits per heavy atom. The molecule has 5 nitrogen and oxygen atoms in total. The molecule has 0 aromatic carbocycles. The summed E-state index contributed by atoms with van der Waals surface area (Å²) < 4.78 is 0. The zero-order chi connectivity index (χ0) is 28.3. The summed E-state index contributed by atoms with van der Waals surface area (Å²) in [6.45, 7) is 16.4. The quantitative estimate of drug-likeness (QED) is 0.177. The number of nitrogens with one attached hydrogen (secondary N) is 2. The molecule has 0 saturated heterocycles. The molecule has 0 aromatic rings. The molecule has 4 aliphatic rings. The number of rotatable bonds is 14. The Balaban J connectivity index is 1.34. The number of hydrogen-bond acceptors (Lipinski definition) is 5. The van der Waals surface area contributed by atoms with Crippen molar-refractivity contribution in [3.8, 4) is 0 Å². The van der Waals surface area contributed by atoms with E-state index in [1.54, 1.807) is 0 Å². The van der Waals surface area contributed by atoms with E-state index in [2.05, 4.69) is 45.3 Å². The zero-order valence-electron chi connectivity index (χ0n) is 26.4. The average Bonchev–Trinajstić information content (AvgIpc) is 3.23. The van der Waals surface area contributed by atoms with Gasteiger partial charge in [-0.1, -0.05) is 53.9 Å². The lowest BCUT2D eigenvalue weighted by Gasteiger charge is -2.66. The molecule has 0 spiro atoms. The summed E-state index contributed by atoms with van der Waals surface area (Å²) >= 11 is 0. The number of fused-ring (bicyclic) bond motifs is 5. The Bertz CT molecular complexity index is 761. The van der Waals surface area contributed by atoms with Gasteiger partial charge in [-0.3, -0.25) is 0 Å². The van der Waals surface area contributed by atoms with E-state index in [-0.39, 0.29) is 17.1 Å². The van der Waals surface area contributed by atoms with Crippen molar-refractivity contribution in [2.45, 2.75) is 142 Å². The number of aliphatic hydroxyl groups is 1. The monoisotopic (exact) mass is 547 g/mol.